The van der Waals surface area contributed by atoms with Gasteiger partial charge < -0.3 is 14.2 Å². The second-order valence-electron chi connectivity index (χ2n) is 6.27. The number of rotatable bonds is 6. The van der Waals surface area contributed by atoms with Crippen LogP contribution in [-0.2, 0) is 9.53 Å². The average molecular weight is 379 g/mol. The Morgan fingerprint density at radius 2 is 1.75 bits per heavy atom. The lowest BCUT2D eigenvalue weighted by Gasteiger charge is -2.13. The minimum atomic E-state index is -0.500. The number of imide groups is 1. The van der Waals surface area contributed by atoms with Crippen LogP contribution in [0.5, 0.6) is 11.5 Å². The van der Waals surface area contributed by atoms with Crippen molar-refractivity contribution >= 4 is 23.9 Å². The van der Waals surface area contributed by atoms with E-state index in [1.165, 1.54) is 11.0 Å². The number of nitrogens with zero attached hydrogens (tertiary/aromatic N) is 1. The Bertz CT molecular complexity index is 946. The molecular weight excluding hydrogens is 362 g/mol. The van der Waals surface area contributed by atoms with Crippen LogP contribution in [0.2, 0.25) is 0 Å². The van der Waals surface area contributed by atoms with Crippen molar-refractivity contribution in [2.75, 3.05) is 19.9 Å². The molecule has 0 saturated carbocycles. The summed E-state index contributed by atoms with van der Waals surface area (Å²) in [6.07, 6.45) is 3.31. The maximum atomic E-state index is 12.2. The van der Waals surface area contributed by atoms with Gasteiger partial charge in [-0.25, -0.2) is 4.79 Å². The van der Waals surface area contributed by atoms with Gasteiger partial charge in [-0.2, -0.15) is 0 Å². The van der Waals surface area contributed by atoms with Gasteiger partial charge in [0.05, 0.1) is 17.7 Å². The van der Waals surface area contributed by atoms with Gasteiger partial charge in [0, 0.05) is 12.6 Å². The van der Waals surface area contributed by atoms with Gasteiger partial charge in [-0.15, -0.1) is 0 Å². The van der Waals surface area contributed by atoms with Crippen molar-refractivity contribution < 1.29 is 28.6 Å². The van der Waals surface area contributed by atoms with Gasteiger partial charge in [-0.05, 0) is 42.3 Å². The monoisotopic (exact) mass is 379 g/mol. The number of amides is 2. The molecule has 7 nitrogen and oxygen atoms in total. The zero-order valence-electron chi connectivity index (χ0n) is 14.9. The molecule has 7 heteroatoms. The fourth-order valence-electron chi connectivity index (χ4n) is 3.07. The van der Waals surface area contributed by atoms with E-state index < -0.39 is 5.97 Å². The van der Waals surface area contributed by atoms with E-state index in [2.05, 4.69) is 0 Å². The van der Waals surface area contributed by atoms with Crippen molar-refractivity contribution in [1.82, 2.24) is 4.90 Å². The van der Waals surface area contributed by atoms with Crippen molar-refractivity contribution in [1.29, 1.82) is 0 Å². The largest absolute Gasteiger partial charge is 0.462 e. The molecule has 4 rings (SSSR count). The number of carbonyl (C=O) groups is 3. The molecule has 0 unspecified atom stereocenters. The Morgan fingerprint density at radius 3 is 2.50 bits per heavy atom. The first-order valence-corrected chi connectivity index (χ1v) is 8.83. The van der Waals surface area contributed by atoms with Gasteiger partial charge in [0.25, 0.3) is 11.8 Å². The highest BCUT2D eigenvalue weighted by molar-refractivity contribution is 6.21. The SMILES string of the molecule is O=C(/C=C/c1ccc2c(c1)OCO2)OCCCN1C(=O)c2ccccc2C1=O. The molecule has 0 spiro atoms. The lowest BCUT2D eigenvalue weighted by molar-refractivity contribution is -0.137. The standard InChI is InChI=1S/C21H17NO6/c23-19(9-7-14-6-8-17-18(12-14)28-13-27-17)26-11-3-10-22-20(24)15-4-1-2-5-16(15)21(22)25/h1-2,4-9,12H,3,10-11,13H2/b9-7+. The van der Waals surface area contributed by atoms with Crippen LogP contribution >= 0.6 is 0 Å². The third-order valence-electron chi connectivity index (χ3n) is 4.46. The highest BCUT2D eigenvalue weighted by Crippen LogP contribution is 2.32. The van der Waals surface area contributed by atoms with Crippen molar-refractivity contribution in [3.8, 4) is 11.5 Å². The molecule has 2 aliphatic rings. The van der Waals surface area contributed by atoms with Crippen LogP contribution in [0.3, 0.4) is 0 Å². The molecule has 0 aliphatic carbocycles. The number of hydrogen-bond acceptors (Lipinski definition) is 6. The molecular formula is C21H17NO6. The van der Waals surface area contributed by atoms with E-state index in [1.54, 1.807) is 48.5 Å². The quantitative estimate of drug-likeness (QED) is 0.332. The van der Waals surface area contributed by atoms with E-state index in [4.69, 9.17) is 14.2 Å². The number of benzene rings is 2. The second kappa shape index (κ2) is 7.56. The molecule has 0 fully saturated rings. The van der Waals surface area contributed by atoms with Gasteiger partial charge in [-0.3, -0.25) is 14.5 Å². The van der Waals surface area contributed by atoms with Crippen molar-refractivity contribution in [2.24, 2.45) is 0 Å². The first-order chi connectivity index (χ1) is 13.6. The zero-order valence-corrected chi connectivity index (χ0v) is 14.9. The molecule has 2 heterocycles. The normalized spacial score (nSPS) is 14.6. The molecule has 2 aromatic rings. The Balaban J connectivity index is 1.24. The minimum Gasteiger partial charge on any atom is -0.462 e. The summed E-state index contributed by atoms with van der Waals surface area (Å²) >= 11 is 0. The highest BCUT2D eigenvalue weighted by atomic mass is 16.7. The Kier molecular flexibility index (Phi) is 4.80. The van der Waals surface area contributed by atoms with Crippen LogP contribution < -0.4 is 9.47 Å². The van der Waals surface area contributed by atoms with Crippen molar-refractivity contribution in [2.45, 2.75) is 6.42 Å². The fourth-order valence-corrected chi connectivity index (χ4v) is 3.07. The van der Waals surface area contributed by atoms with E-state index in [1.807, 2.05) is 0 Å². The summed E-state index contributed by atoms with van der Waals surface area (Å²) < 4.78 is 15.6. The zero-order chi connectivity index (χ0) is 19.5. The minimum absolute atomic E-state index is 0.109. The molecule has 0 radical (unpaired) electrons. The van der Waals surface area contributed by atoms with Crippen LogP contribution in [0.25, 0.3) is 6.08 Å². The molecule has 0 N–H and O–H groups in total. The van der Waals surface area contributed by atoms with E-state index >= 15 is 0 Å². The molecule has 0 bridgehead atoms. The predicted octanol–water partition coefficient (Wildman–Crippen LogP) is 2.66. The molecule has 2 amide bonds. The number of hydrogen-bond donors (Lipinski definition) is 0. The van der Waals surface area contributed by atoms with Crippen LogP contribution in [0.15, 0.2) is 48.5 Å². The van der Waals surface area contributed by atoms with Crippen molar-refractivity contribution in [3.05, 3.63) is 65.2 Å². The molecule has 142 valence electrons. The van der Waals surface area contributed by atoms with Gasteiger partial charge in [-0.1, -0.05) is 18.2 Å². The first kappa shape index (κ1) is 17.8. The fraction of sp³-hybridized carbons (Fsp3) is 0.190. The summed E-state index contributed by atoms with van der Waals surface area (Å²) in [6, 6.07) is 12.1. The Morgan fingerprint density at radius 1 is 1.04 bits per heavy atom. The third kappa shape index (κ3) is 3.46. The summed E-state index contributed by atoms with van der Waals surface area (Å²) in [5.41, 5.74) is 1.61. The van der Waals surface area contributed by atoms with E-state index in [0.717, 1.165) is 5.56 Å². The number of ether oxygens (including phenoxy) is 3. The Labute approximate surface area is 161 Å². The molecule has 2 aromatic carbocycles. The summed E-state index contributed by atoms with van der Waals surface area (Å²) in [7, 11) is 0. The topological polar surface area (TPSA) is 82.1 Å². The molecule has 2 aliphatic heterocycles. The number of fused-ring (bicyclic) bond motifs is 2. The number of carbonyl (C=O) groups excluding carboxylic acids is 3. The molecule has 0 saturated heterocycles. The summed E-state index contributed by atoms with van der Waals surface area (Å²) in [5, 5.41) is 0. The average Bonchev–Trinajstić information content (AvgIpc) is 3.27. The maximum absolute atomic E-state index is 12.2. The van der Waals surface area contributed by atoms with Gasteiger partial charge in [0.15, 0.2) is 11.5 Å². The summed E-state index contributed by atoms with van der Waals surface area (Å²) in [6.45, 7) is 0.501. The first-order valence-electron chi connectivity index (χ1n) is 8.83. The lowest BCUT2D eigenvalue weighted by Crippen LogP contribution is -2.31. The summed E-state index contributed by atoms with van der Waals surface area (Å²) in [4.78, 5) is 37.5. The molecule has 0 atom stereocenters. The van der Waals surface area contributed by atoms with Crippen molar-refractivity contribution in [3.63, 3.8) is 0 Å². The molecule has 0 aromatic heterocycles. The van der Waals surface area contributed by atoms with Gasteiger partial charge >= 0.3 is 5.97 Å². The van der Waals surface area contributed by atoms with E-state index in [-0.39, 0.29) is 31.8 Å². The van der Waals surface area contributed by atoms with Crippen LogP contribution in [0.4, 0.5) is 0 Å². The van der Waals surface area contributed by atoms with Crippen LogP contribution in [-0.4, -0.2) is 42.6 Å². The smallest absolute Gasteiger partial charge is 0.330 e. The highest BCUT2D eigenvalue weighted by Gasteiger charge is 2.34. The van der Waals surface area contributed by atoms with E-state index in [0.29, 0.717) is 29.0 Å². The number of esters is 1. The third-order valence-corrected chi connectivity index (χ3v) is 4.46. The van der Waals surface area contributed by atoms with E-state index in [9.17, 15) is 14.4 Å². The maximum Gasteiger partial charge on any atom is 0.330 e. The van der Waals surface area contributed by atoms with Crippen LogP contribution in [0, 0.1) is 0 Å². The van der Waals surface area contributed by atoms with Crippen LogP contribution in [0.1, 0.15) is 32.7 Å². The lowest BCUT2D eigenvalue weighted by atomic mass is 10.1. The van der Waals surface area contributed by atoms with Gasteiger partial charge in [0.1, 0.15) is 0 Å². The predicted molar refractivity (Wildman–Crippen MR) is 99.0 cm³/mol. The molecule has 28 heavy (non-hydrogen) atoms. The summed E-state index contributed by atoms with van der Waals surface area (Å²) in [5.74, 6) is 0.189. The van der Waals surface area contributed by atoms with Gasteiger partial charge in [0.2, 0.25) is 6.79 Å². The second-order valence-corrected chi connectivity index (χ2v) is 6.27. The Hall–Kier alpha value is -3.61.